The van der Waals surface area contributed by atoms with Crippen molar-refractivity contribution in [2.45, 2.75) is 27.7 Å². The number of hydrogen-bond donors (Lipinski definition) is 0. The molecule has 0 N–H and O–H groups in total. The molecule has 8 heteroatoms. The van der Waals surface area contributed by atoms with Crippen molar-refractivity contribution in [3.8, 4) is 134 Å². The Balaban J connectivity index is 0.000000111. The molecule has 0 aliphatic heterocycles. The van der Waals surface area contributed by atoms with E-state index in [0.29, 0.717) is 0 Å². The van der Waals surface area contributed by atoms with Gasteiger partial charge in [0.1, 0.15) is 23.3 Å². The third kappa shape index (κ3) is 16.6. The largest absolute Gasteiger partial charge is 0.233 e. The molecule has 0 fully saturated rings. The highest BCUT2D eigenvalue weighted by molar-refractivity contribution is 6.04. The van der Waals surface area contributed by atoms with Gasteiger partial charge in [0.25, 0.3) is 0 Å². The van der Waals surface area contributed by atoms with Crippen molar-refractivity contribution in [3.63, 3.8) is 0 Å². The van der Waals surface area contributed by atoms with E-state index < -0.39 is 0 Å². The molecule has 0 unspecified atom stereocenters. The summed E-state index contributed by atoms with van der Waals surface area (Å²) in [6.07, 6.45) is 0. The Labute approximate surface area is 676 Å². The van der Waals surface area contributed by atoms with Crippen LogP contribution in [0.4, 0.5) is 0 Å². The van der Waals surface area contributed by atoms with E-state index in [-0.39, 0.29) is 0 Å². The molecule has 116 heavy (non-hydrogen) atoms. The van der Waals surface area contributed by atoms with Gasteiger partial charge in [0.15, 0.2) is 0 Å². The fourth-order valence-corrected chi connectivity index (χ4v) is 15.1. The number of fused-ring (bicyclic) bond motifs is 4. The summed E-state index contributed by atoms with van der Waals surface area (Å²) in [5, 5.41) is 4.32. The topological polar surface area (TPSA) is 103 Å². The molecule has 0 aliphatic rings. The number of aryl methyl sites for hydroxylation is 4. The van der Waals surface area contributed by atoms with Crippen LogP contribution < -0.4 is 0 Å². The number of para-hydroxylation sites is 1. The second-order valence-electron chi connectivity index (χ2n) is 28.6. The second-order valence-corrected chi connectivity index (χ2v) is 28.6. The lowest BCUT2D eigenvalue weighted by Gasteiger charge is -2.13. The lowest BCUT2D eigenvalue weighted by Crippen LogP contribution is -1.96. The van der Waals surface area contributed by atoms with Crippen LogP contribution in [0.5, 0.6) is 0 Å². The van der Waals surface area contributed by atoms with E-state index in [2.05, 4.69) is 333 Å². The van der Waals surface area contributed by atoms with Gasteiger partial charge in [-0.2, -0.15) is 0 Å². The number of nitrogens with zero attached hydrogens (tertiary/aromatic N) is 8. The Morgan fingerprint density at radius 2 is 0.422 bits per heavy atom. The van der Waals surface area contributed by atoms with E-state index >= 15 is 0 Å². The summed E-state index contributed by atoms with van der Waals surface area (Å²) in [6, 6.07) is 143. The first-order valence-electron chi connectivity index (χ1n) is 39.1. The molecule has 0 saturated heterocycles. The third-order valence-corrected chi connectivity index (χ3v) is 20.7. The first-order chi connectivity index (χ1) is 57.1. The number of aromatic nitrogens is 8. The molecule has 0 saturated carbocycles. The molecule has 0 radical (unpaired) electrons. The van der Waals surface area contributed by atoms with E-state index in [1.165, 1.54) is 66.8 Å². The molecule has 0 spiro atoms. The normalized spacial score (nSPS) is 10.9. The Bertz CT molecular complexity index is 6700. The number of benzene rings is 16. The molecule has 20 aromatic rings. The summed E-state index contributed by atoms with van der Waals surface area (Å²) in [6.45, 7) is 7.81. The highest BCUT2D eigenvalue weighted by Crippen LogP contribution is 2.39. The Morgan fingerprint density at radius 3 is 0.845 bits per heavy atom. The average molecular weight is 1490 g/mol. The quantitative estimate of drug-likeness (QED) is 0.119. The molecule has 16 aromatic carbocycles. The zero-order chi connectivity index (χ0) is 78.5. The fraction of sp³-hybridized carbons (Fsp3) is 0.0370. The average Bonchev–Trinajstić information content (AvgIpc) is 0.781. The SMILES string of the molecule is Cc1nc(-c2ccccc2)c2c(-c3ccc(-c4ccccc4)cc3)cccc2n1.Cc1nc(-c2ccccc2)c2cc(-c3ccc(-c4ccccc4)cc3)ccc2n1.Cc1nc(-c2ccccc2)c2ccc(-c3ccc(-c4ccccc4)cc3)cc2n1.Cc1nc(-c2ccccc2)c2cccc(-c3ccc(-c4ccccc4)cc3)c2n1. The van der Waals surface area contributed by atoms with Crippen LogP contribution in [0.2, 0.25) is 0 Å². The highest BCUT2D eigenvalue weighted by Gasteiger charge is 2.18. The van der Waals surface area contributed by atoms with Crippen molar-refractivity contribution in [2.24, 2.45) is 0 Å². The third-order valence-electron chi connectivity index (χ3n) is 20.7. The van der Waals surface area contributed by atoms with Gasteiger partial charge in [-0.15, -0.1) is 0 Å². The molecule has 0 atom stereocenters. The lowest BCUT2D eigenvalue weighted by atomic mass is 9.95. The van der Waals surface area contributed by atoms with Crippen molar-refractivity contribution in [3.05, 3.63) is 436 Å². The van der Waals surface area contributed by atoms with Crippen LogP contribution in [0.3, 0.4) is 0 Å². The summed E-state index contributed by atoms with van der Waals surface area (Å²) in [4.78, 5) is 37.9. The van der Waals surface area contributed by atoms with Gasteiger partial charge in [-0.25, -0.2) is 39.9 Å². The van der Waals surface area contributed by atoms with E-state index in [1.807, 2.05) is 113 Å². The predicted molar refractivity (Wildman–Crippen MR) is 482 cm³/mol. The Morgan fingerprint density at radius 1 is 0.147 bits per heavy atom. The molecular weight excluding hydrogens is 1410 g/mol. The molecule has 8 nitrogen and oxygen atoms in total. The highest BCUT2D eigenvalue weighted by atomic mass is 14.9. The van der Waals surface area contributed by atoms with Gasteiger partial charge in [0.05, 0.1) is 44.8 Å². The van der Waals surface area contributed by atoms with Gasteiger partial charge in [0, 0.05) is 49.4 Å². The summed E-state index contributed by atoms with van der Waals surface area (Å²) < 4.78 is 0. The summed E-state index contributed by atoms with van der Waals surface area (Å²) >= 11 is 0. The first-order valence-corrected chi connectivity index (χ1v) is 39.1. The minimum absolute atomic E-state index is 0.782. The Kier molecular flexibility index (Phi) is 21.7. The van der Waals surface area contributed by atoms with E-state index in [1.54, 1.807) is 0 Å². The van der Waals surface area contributed by atoms with Crippen LogP contribution in [-0.4, -0.2) is 39.9 Å². The molecule has 20 rings (SSSR count). The van der Waals surface area contributed by atoms with E-state index in [0.717, 1.165) is 134 Å². The van der Waals surface area contributed by atoms with Gasteiger partial charge in [-0.05, 0) is 141 Å². The zero-order valence-corrected chi connectivity index (χ0v) is 64.8. The number of hydrogen-bond acceptors (Lipinski definition) is 8. The molecule has 0 amide bonds. The van der Waals surface area contributed by atoms with Crippen molar-refractivity contribution in [1.29, 1.82) is 0 Å². The predicted octanol–water partition coefficient (Wildman–Crippen LogP) is 27.8. The standard InChI is InChI=1S/4C27H20N2/c1-19-28-25-14-8-13-24(26(25)27(29-19)23-11-6-3-7-12-23)22-17-15-21(16-18-22)20-9-4-2-5-10-20;1-19-28-26(23-11-6-3-7-12-23)25-14-8-13-24(27(25)29-19)22-17-15-21(16-18-22)20-9-4-2-5-10-20;1-19-28-26-17-16-24(18-25(26)27(29-19)23-10-6-3-7-11-23)22-14-12-21(13-15-22)20-8-4-2-5-9-20;1-19-28-26-18-24(16-17-25(26)27(29-19)23-10-6-3-7-11-23)22-14-12-21(13-15-22)20-8-4-2-5-9-20/h4*2-18H,1H3. The zero-order valence-electron chi connectivity index (χ0n) is 64.8. The molecule has 0 bridgehead atoms. The monoisotopic (exact) mass is 1490 g/mol. The fourth-order valence-electron chi connectivity index (χ4n) is 15.1. The lowest BCUT2D eigenvalue weighted by molar-refractivity contribution is 1.10. The second kappa shape index (κ2) is 34.2. The molecule has 0 aliphatic carbocycles. The molecule has 4 heterocycles. The van der Waals surface area contributed by atoms with E-state index in [9.17, 15) is 0 Å². The summed E-state index contributed by atoms with van der Waals surface area (Å²) in [5.41, 5.74) is 31.4. The molecule has 4 aromatic heterocycles. The summed E-state index contributed by atoms with van der Waals surface area (Å²) in [7, 11) is 0. The smallest absolute Gasteiger partial charge is 0.126 e. The Hall–Kier alpha value is -15.1. The van der Waals surface area contributed by atoms with Crippen molar-refractivity contribution < 1.29 is 0 Å². The van der Waals surface area contributed by atoms with Crippen molar-refractivity contribution >= 4 is 43.6 Å². The van der Waals surface area contributed by atoms with Gasteiger partial charge >= 0.3 is 0 Å². The van der Waals surface area contributed by atoms with Gasteiger partial charge < -0.3 is 0 Å². The minimum atomic E-state index is 0.782. The van der Waals surface area contributed by atoms with E-state index in [4.69, 9.17) is 34.9 Å². The minimum Gasteiger partial charge on any atom is -0.233 e. The van der Waals surface area contributed by atoms with Crippen molar-refractivity contribution in [1.82, 2.24) is 39.9 Å². The summed E-state index contributed by atoms with van der Waals surface area (Å²) in [5.74, 6) is 3.14. The molecular formula is C108H80N8. The molecule has 552 valence electrons. The van der Waals surface area contributed by atoms with Crippen LogP contribution in [-0.2, 0) is 0 Å². The number of rotatable bonds is 12. The maximum Gasteiger partial charge on any atom is 0.126 e. The van der Waals surface area contributed by atoms with Crippen LogP contribution in [0.15, 0.2) is 413 Å². The van der Waals surface area contributed by atoms with Crippen LogP contribution in [0, 0.1) is 27.7 Å². The van der Waals surface area contributed by atoms with Crippen LogP contribution in [0.1, 0.15) is 23.3 Å². The van der Waals surface area contributed by atoms with Crippen LogP contribution in [0.25, 0.3) is 178 Å². The van der Waals surface area contributed by atoms with Crippen molar-refractivity contribution in [2.75, 3.05) is 0 Å². The van der Waals surface area contributed by atoms with Gasteiger partial charge in [0.2, 0.25) is 0 Å². The first kappa shape index (κ1) is 73.7. The van der Waals surface area contributed by atoms with Gasteiger partial charge in [-0.3, -0.25) is 0 Å². The maximum atomic E-state index is 4.81. The van der Waals surface area contributed by atoms with Crippen LogP contribution >= 0.6 is 0 Å². The van der Waals surface area contributed by atoms with Gasteiger partial charge in [-0.1, -0.05) is 382 Å². The maximum absolute atomic E-state index is 4.81.